The van der Waals surface area contributed by atoms with Gasteiger partial charge in [-0.15, -0.1) is 10.2 Å². The molecule has 0 atom stereocenters. The lowest BCUT2D eigenvalue weighted by atomic mass is 10.3. The highest BCUT2D eigenvalue weighted by Gasteiger charge is 2.34. The van der Waals surface area contributed by atoms with Gasteiger partial charge in [0.1, 0.15) is 16.4 Å². The standard InChI is InChI=1S/C17H21N7O3S/c1-11-14(12(2)27-21-11)28(25,26)23-9-7-22(8-10-23)16-17-20-19-15(13-3-4-13)24(17)6-5-18-16/h5-6,13H,3-4,7-10H2,1-2H3. The van der Waals surface area contributed by atoms with Gasteiger partial charge in [0.15, 0.2) is 11.6 Å². The fraction of sp³-hybridized carbons (Fsp3) is 0.529. The number of anilines is 1. The zero-order chi connectivity index (χ0) is 19.5. The summed E-state index contributed by atoms with van der Waals surface area (Å²) in [6, 6.07) is 0. The third-order valence-electron chi connectivity index (χ3n) is 5.38. The Balaban J connectivity index is 1.39. The molecule has 0 unspecified atom stereocenters. The van der Waals surface area contributed by atoms with E-state index in [1.54, 1.807) is 20.0 Å². The van der Waals surface area contributed by atoms with Crippen molar-refractivity contribution in [2.45, 2.75) is 37.5 Å². The van der Waals surface area contributed by atoms with Gasteiger partial charge in [-0.25, -0.2) is 13.4 Å². The van der Waals surface area contributed by atoms with E-state index in [0.29, 0.717) is 43.6 Å². The van der Waals surface area contributed by atoms with Crippen LogP contribution in [0.2, 0.25) is 0 Å². The lowest BCUT2D eigenvalue weighted by molar-refractivity contribution is 0.378. The number of nitrogens with zero attached hydrogens (tertiary/aromatic N) is 7. The van der Waals surface area contributed by atoms with Crippen LogP contribution in [0.4, 0.5) is 5.82 Å². The van der Waals surface area contributed by atoms with Crippen molar-refractivity contribution in [2.75, 3.05) is 31.1 Å². The van der Waals surface area contributed by atoms with Crippen molar-refractivity contribution in [3.8, 4) is 0 Å². The molecule has 10 nitrogen and oxygen atoms in total. The highest BCUT2D eigenvalue weighted by Crippen LogP contribution is 2.39. The number of fused-ring (bicyclic) bond motifs is 1. The molecule has 0 N–H and O–H groups in total. The zero-order valence-electron chi connectivity index (χ0n) is 15.7. The van der Waals surface area contributed by atoms with Crippen LogP contribution >= 0.6 is 0 Å². The molecule has 0 amide bonds. The summed E-state index contributed by atoms with van der Waals surface area (Å²) < 4.78 is 34.5. The minimum absolute atomic E-state index is 0.174. The van der Waals surface area contributed by atoms with E-state index in [-0.39, 0.29) is 4.90 Å². The van der Waals surface area contributed by atoms with E-state index in [4.69, 9.17) is 4.52 Å². The summed E-state index contributed by atoms with van der Waals surface area (Å²) in [4.78, 5) is 6.74. The van der Waals surface area contributed by atoms with Gasteiger partial charge in [0, 0.05) is 44.5 Å². The van der Waals surface area contributed by atoms with Gasteiger partial charge in [-0.05, 0) is 26.7 Å². The topological polar surface area (TPSA) is 110 Å². The molecule has 5 rings (SSSR count). The fourth-order valence-corrected chi connectivity index (χ4v) is 5.50. The van der Waals surface area contributed by atoms with Crippen LogP contribution < -0.4 is 4.90 Å². The summed E-state index contributed by atoms with van der Waals surface area (Å²) in [5.41, 5.74) is 1.12. The van der Waals surface area contributed by atoms with Crippen LogP contribution in [-0.4, -0.2) is 63.6 Å². The van der Waals surface area contributed by atoms with Gasteiger partial charge in [0.25, 0.3) is 0 Å². The van der Waals surface area contributed by atoms with Crippen molar-refractivity contribution < 1.29 is 12.9 Å². The summed E-state index contributed by atoms with van der Waals surface area (Å²) in [6.45, 7) is 5.04. The maximum Gasteiger partial charge on any atom is 0.248 e. The highest BCUT2D eigenvalue weighted by atomic mass is 32.2. The molecule has 1 saturated carbocycles. The molecule has 11 heteroatoms. The molecule has 3 aromatic heterocycles. The molecule has 4 heterocycles. The summed E-state index contributed by atoms with van der Waals surface area (Å²) >= 11 is 0. The van der Waals surface area contributed by atoms with Crippen LogP contribution in [0, 0.1) is 13.8 Å². The Morgan fingerprint density at radius 3 is 2.50 bits per heavy atom. The number of piperazine rings is 1. The lowest BCUT2D eigenvalue weighted by Gasteiger charge is -2.34. The average molecular weight is 403 g/mol. The maximum atomic E-state index is 13.0. The monoisotopic (exact) mass is 403 g/mol. The summed E-state index contributed by atoms with van der Waals surface area (Å²) in [5, 5.41) is 12.5. The fourth-order valence-electron chi connectivity index (χ4n) is 3.79. The van der Waals surface area contributed by atoms with Crippen LogP contribution in [-0.2, 0) is 10.0 Å². The molecule has 0 bridgehead atoms. The second-order valence-electron chi connectivity index (χ2n) is 7.32. The molecule has 3 aromatic rings. The molecule has 28 heavy (non-hydrogen) atoms. The Hall–Kier alpha value is -2.53. The minimum Gasteiger partial charge on any atom is -0.360 e. The van der Waals surface area contributed by atoms with Crippen molar-refractivity contribution in [2.24, 2.45) is 0 Å². The molecule has 1 aliphatic heterocycles. The smallest absolute Gasteiger partial charge is 0.248 e. The zero-order valence-corrected chi connectivity index (χ0v) is 16.6. The lowest BCUT2D eigenvalue weighted by Crippen LogP contribution is -2.49. The van der Waals surface area contributed by atoms with Crippen LogP contribution in [0.1, 0.15) is 36.0 Å². The largest absolute Gasteiger partial charge is 0.360 e. The quantitative estimate of drug-likeness (QED) is 0.637. The first-order chi connectivity index (χ1) is 13.5. The van der Waals surface area contributed by atoms with Gasteiger partial charge in [0.2, 0.25) is 15.7 Å². The first-order valence-corrected chi connectivity index (χ1v) is 10.8. The van der Waals surface area contributed by atoms with Crippen molar-refractivity contribution in [1.82, 2.24) is 29.0 Å². The molecule has 0 spiro atoms. The minimum atomic E-state index is -3.63. The van der Waals surface area contributed by atoms with Gasteiger partial charge < -0.3 is 9.42 Å². The molecule has 1 aliphatic carbocycles. The number of hydrogen-bond acceptors (Lipinski definition) is 8. The third-order valence-corrected chi connectivity index (χ3v) is 7.52. The molecule has 0 aromatic carbocycles. The molecular weight excluding hydrogens is 382 g/mol. The Labute approximate surface area is 162 Å². The number of aromatic nitrogens is 5. The van der Waals surface area contributed by atoms with Gasteiger partial charge in [0.05, 0.1) is 0 Å². The van der Waals surface area contributed by atoms with Crippen LogP contribution in [0.15, 0.2) is 21.8 Å². The van der Waals surface area contributed by atoms with E-state index in [1.165, 1.54) is 4.31 Å². The van der Waals surface area contributed by atoms with Gasteiger partial charge in [-0.2, -0.15) is 4.31 Å². The molecule has 0 radical (unpaired) electrons. The van der Waals surface area contributed by atoms with Crippen molar-refractivity contribution in [3.63, 3.8) is 0 Å². The van der Waals surface area contributed by atoms with Crippen molar-refractivity contribution in [1.29, 1.82) is 0 Å². The number of sulfonamides is 1. The van der Waals surface area contributed by atoms with E-state index in [2.05, 4.69) is 25.2 Å². The summed E-state index contributed by atoms with van der Waals surface area (Å²) in [6.07, 6.45) is 5.95. The van der Waals surface area contributed by atoms with Gasteiger partial charge in [-0.3, -0.25) is 4.40 Å². The Morgan fingerprint density at radius 2 is 1.86 bits per heavy atom. The van der Waals surface area contributed by atoms with Crippen LogP contribution in [0.25, 0.3) is 5.65 Å². The van der Waals surface area contributed by atoms with E-state index >= 15 is 0 Å². The molecule has 1 saturated heterocycles. The Kier molecular flexibility index (Phi) is 3.91. The highest BCUT2D eigenvalue weighted by molar-refractivity contribution is 7.89. The first-order valence-electron chi connectivity index (χ1n) is 9.34. The molecule has 2 fully saturated rings. The average Bonchev–Trinajstić information content (AvgIpc) is 3.34. The molecule has 148 valence electrons. The predicted molar refractivity (Wildman–Crippen MR) is 99.7 cm³/mol. The van der Waals surface area contributed by atoms with Crippen molar-refractivity contribution >= 4 is 21.5 Å². The van der Waals surface area contributed by atoms with E-state index in [0.717, 1.165) is 30.1 Å². The normalized spacial score (nSPS) is 18.9. The SMILES string of the molecule is Cc1noc(C)c1S(=O)(=O)N1CCN(c2nccn3c(C4CC4)nnc23)CC1. The second-order valence-corrected chi connectivity index (χ2v) is 9.20. The Bertz CT molecular complexity index is 1120. The molecule has 2 aliphatic rings. The number of hydrogen-bond donors (Lipinski definition) is 0. The van der Waals surface area contributed by atoms with Crippen molar-refractivity contribution in [3.05, 3.63) is 29.7 Å². The first kappa shape index (κ1) is 17.6. The number of rotatable bonds is 4. The van der Waals surface area contributed by atoms with Crippen LogP contribution in [0.5, 0.6) is 0 Å². The maximum absolute atomic E-state index is 13.0. The molecular formula is C17H21N7O3S. The van der Waals surface area contributed by atoms with E-state index in [9.17, 15) is 8.42 Å². The van der Waals surface area contributed by atoms with Crippen LogP contribution in [0.3, 0.4) is 0 Å². The number of aryl methyl sites for hydroxylation is 2. The van der Waals surface area contributed by atoms with E-state index < -0.39 is 10.0 Å². The second kappa shape index (κ2) is 6.24. The third kappa shape index (κ3) is 2.68. The van der Waals surface area contributed by atoms with Gasteiger partial charge in [-0.1, -0.05) is 5.16 Å². The summed E-state index contributed by atoms with van der Waals surface area (Å²) in [7, 11) is -3.63. The summed E-state index contributed by atoms with van der Waals surface area (Å²) in [5.74, 6) is 2.54. The predicted octanol–water partition coefficient (Wildman–Crippen LogP) is 1.12. The van der Waals surface area contributed by atoms with Gasteiger partial charge >= 0.3 is 0 Å². The van der Waals surface area contributed by atoms with E-state index in [1.807, 2.05) is 10.6 Å². The Morgan fingerprint density at radius 1 is 1.11 bits per heavy atom.